The number of nitrogens with one attached hydrogen (secondary N) is 1. The molecule has 0 saturated heterocycles. The van der Waals surface area contributed by atoms with Crippen LogP contribution < -0.4 is 5.32 Å². The summed E-state index contributed by atoms with van der Waals surface area (Å²) in [4.78, 5) is 23.1. The third-order valence-electron chi connectivity index (χ3n) is 2.72. The normalized spacial score (nSPS) is 12.2. The van der Waals surface area contributed by atoms with Crippen molar-refractivity contribution >= 4 is 11.8 Å². The van der Waals surface area contributed by atoms with Gasteiger partial charge in [-0.3, -0.25) is 4.79 Å². The van der Waals surface area contributed by atoms with E-state index in [0.717, 1.165) is 6.20 Å². The van der Waals surface area contributed by atoms with Gasteiger partial charge in [0.15, 0.2) is 11.6 Å². The van der Waals surface area contributed by atoms with Crippen LogP contribution in [-0.4, -0.2) is 34.1 Å². The molecule has 0 heterocycles. The molecule has 0 spiro atoms. The molecule has 0 aliphatic carbocycles. The van der Waals surface area contributed by atoms with Gasteiger partial charge in [-0.05, 0) is 19.9 Å². The zero-order valence-corrected chi connectivity index (χ0v) is 11.8. The van der Waals surface area contributed by atoms with Gasteiger partial charge in [-0.25, -0.2) is 18.0 Å². The number of aliphatic hydroxyl groups excluding tert-OH is 1. The van der Waals surface area contributed by atoms with Crippen LogP contribution in [0.1, 0.15) is 24.2 Å². The fourth-order valence-electron chi connectivity index (χ4n) is 1.40. The molecule has 3 N–H and O–H groups in total. The van der Waals surface area contributed by atoms with E-state index < -0.39 is 45.9 Å². The number of aliphatic carboxylic acids is 1. The molecule has 5 nitrogen and oxygen atoms in total. The first-order chi connectivity index (χ1) is 10.1. The highest BCUT2D eigenvalue weighted by Crippen LogP contribution is 2.18. The van der Waals surface area contributed by atoms with Crippen molar-refractivity contribution in [2.45, 2.75) is 19.4 Å². The van der Waals surface area contributed by atoms with E-state index in [1.54, 1.807) is 0 Å². The predicted molar refractivity (Wildman–Crippen MR) is 70.7 cm³/mol. The van der Waals surface area contributed by atoms with Gasteiger partial charge in [-0.15, -0.1) is 0 Å². The number of benzene rings is 1. The van der Waals surface area contributed by atoms with Crippen LogP contribution in [0.2, 0.25) is 0 Å². The van der Waals surface area contributed by atoms with Crippen LogP contribution in [0.15, 0.2) is 23.9 Å². The average molecular weight is 317 g/mol. The Kier molecular flexibility index (Phi) is 5.32. The number of hydrogen-bond donors (Lipinski definition) is 3. The molecular formula is C14H14F3NO4. The zero-order valence-electron chi connectivity index (χ0n) is 11.8. The quantitative estimate of drug-likeness (QED) is 0.244. The first-order valence-electron chi connectivity index (χ1n) is 6.10. The average Bonchev–Trinajstić information content (AvgIpc) is 2.42. The highest BCUT2D eigenvalue weighted by Gasteiger charge is 2.26. The summed E-state index contributed by atoms with van der Waals surface area (Å²) < 4.78 is 39.8. The fourth-order valence-corrected chi connectivity index (χ4v) is 1.40. The summed E-state index contributed by atoms with van der Waals surface area (Å²) in [5.41, 5.74) is -2.91. The van der Waals surface area contributed by atoms with Gasteiger partial charge >= 0.3 is 5.97 Å². The first kappa shape index (κ1) is 17.7. The van der Waals surface area contributed by atoms with Gasteiger partial charge in [0.25, 0.3) is 0 Å². The molecule has 0 unspecified atom stereocenters. The molecule has 0 aliphatic heterocycles. The lowest BCUT2D eigenvalue weighted by molar-refractivity contribution is -0.132. The number of Topliss-reactive ketones (excluding diaryl/α,β-unsaturated/α-hetero) is 1. The maximum Gasteiger partial charge on any atom is 0.341 e. The van der Waals surface area contributed by atoms with E-state index in [0.29, 0.717) is 6.07 Å². The van der Waals surface area contributed by atoms with E-state index in [-0.39, 0.29) is 12.7 Å². The lowest BCUT2D eigenvalue weighted by atomic mass is 10.0. The van der Waals surface area contributed by atoms with Crippen molar-refractivity contribution in [2.75, 3.05) is 6.61 Å². The van der Waals surface area contributed by atoms with Gasteiger partial charge < -0.3 is 15.5 Å². The summed E-state index contributed by atoms with van der Waals surface area (Å²) in [6, 6.07) is 0.651. The molecule has 1 aromatic rings. The summed E-state index contributed by atoms with van der Waals surface area (Å²) in [5.74, 6) is -7.56. The Morgan fingerprint density at radius 1 is 1.27 bits per heavy atom. The maximum absolute atomic E-state index is 13.6. The summed E-state index contributed by atoms with van der Waals surface area (Å²) in [5, 5.41) is 20.5. The molecule has 0 bridgehead atoms. The van der Waals surface area contributed by atoms with Crippen LogP contribution in [-0.2, 0) is 4.79 Å². The minimum atomic E-state index is -1.71. The monoisotopic (exact) mass is 317 g/mol. The standard InChI is InChI=1S/C14H14F3NO4/c1-14(2,6-19)18-5-9(13(21)22)12(20)8-3-7(15)4-10(16)11(8)17/h3-5,18-19H,6H2,1-2H3,(H,21,22)/b9-5-. The second-order valence-electron chi connectivity index (χ2n) is 5.13. The first-order valence-corrected chi connectivity index (χ1v) is 6.10. The van der Waals surface area contributed by atoms with Crippen molar-refractivity contribution in [3.05, 3.63) is 46.9 Å². The lowest BCUT2D eigenvalue weighted by Gasteiger charge is -2.22. The third kappa shape index (κ3) is 4.08. The second kappa shape index (κ2) is 6.61. The number of carbonyl (C=O) groups is 2. The molecule has 22 heavy (non-hydrogen) atoms. The SMILES string of the molecule is CC(C)(CO)N/C=C(\C(=O)O)C(=O)c1cc(F)cc(F)c1F. The second-order valence-corrected chi connectivity index (χ2v) is 5.13. The van der Waals surface area contributed by atoms with E-state index in [4.69, 9.17) is 10.2 Å². The van der Waals surface area contributed by atoms with Gasteiger partial charge in [0.2, 0.25) is 5.78 Å². The molecule has 0 amide bonds. The third-order valence-corrected chi connectivity index (χ3v) is 2.72. The topological polar surface area (TPSA) is 86.6 Å². The van der Waals surface area contributed by atoms with Crippen LogP contribution in [0.25, 0.3) is 0 Å². The largest absolute Gasteiger partial charge is 0.477 e. The molecule has 0 atom stereocenters. The zero-order chi connectivity index (χ0) is 17.1. The van der Waals surface area contributed by atoms with Crippen LogP contribution >= 0.6 is 0 Å². The summed E-state index contributed by atoms with van der Waals surface area (Å²) >= 11 is 0. The van der Waals surface area contributed by atoms with Crippen molar-refractivity contribution in [3.8, 4) is 0 Å². The number of halogens is 3. The number of rotatable bonds is 6. The molecule has 0 aliphatic rings. The number of hydrogen-bond acceptors (Lipinski definition) is 4. The van der Waals surface area contributed by atoms with Crippen molar-refractivity contribution in [1.82, 2.24) is 5.32 Å². The van der Waals surface area contributed by atoms with Crippen molar-refractivity contribution in [2.24, 2.45) is 0 Å². The van der Waals surface area contributed by atoms with Crippen molar-refractivity contribution in [3.63, 3.8) is 0 Å². The van der Waals surface area contributed by atoms with Crippen LogP contribution in [0.5, 0.6) is 0 Å². The van der Waals surface area contributed by atoms with Crippen molar-refractivity contribution in [1.29, 1.82) is 0 Å². The predicted octanol–water partition coefficient (Wildman–Crippen LogP) is 1.62. The lowest BCUT2D eigenvalue weighted by Crippen LogP contribution is -2.40. The Hall–Kier alpha value is -2.35. The van der Waals surface area contributed by atoms with Gasteiger partial charge in [0, 0.05) is 12.3 Å². The maximum atomic E-state index is 13.6. The number of carboxylic acids is 1. The molecule has 0 aromatic heterocycles. The number of ketones is 1. The minimum Gasteiger partial charge on any atom is -0.477 e. The number of carboxylic acid groups (broad SMARTS) is 1. The Labute approximate surface area is 124 Å². The molecule has 1 rings (SSSR count). The van der Waals surface area contributed by atoms with Crippen molar-refractivity contribution < 1.29 is 33.0 Å². The smallest absolute Gasteiger partial charge is 0.341 e. The van der Waals surface area contributed by atoms with Gasteiger partial charge in [0.05, 0.1) is 17.7 Å². The summed E-state index contributed by atoms with van der Waals surface area (Å²) in [6.45, 7) is 2.64. The highest BCUT2D eigenvalue weighted by molar-refractivity contribution is 6.23. The summed E-state index contributed by atoms with van der Waals surface area (Å²) in [7, 11) is 0. The molecule has 120 valence electrons. The summed E-state index contributed by atoms with van der Waals surface area (Å²) in [6.07, 6.45) is 0.753. The minimum absolute atomic E-state index is 0.239. The fraction of sp³-hybridized carbons (Fsp3) is 0.286. The van der Waals surface area contributed by atoms with E-state index in [1.807, 2.05) is 0 Å². The molecule has 0 saturated carbocycles. The molecule has 1 aromatic carbocycles. The van der Waals surface area contributed by atoms with Gasteiger partial charge in [-0.2, -0.15) is 0 Å². The van der Waals surface area contributed by atoms with Gasteiger partial charge in [0.1, 0.15) is 11.4 Å². The van der Waals surface area contributed by atoms with E-state index >= 15 is 0 Å². The number of carbonyl (C=O) groups excluding carboxylic acids is 1. The van der Waals surface area contributed by atoms with E-state index in [1.165, 1.54) is 13.8 Å². The van der Waals surface area contributed by atoms with E-state index in [9.17, 15) is 22.8 Å². The molecular weight excluding hydrogens is 303 g/mol. The number of aliphatic hydroxyl groups is 1. The van der Waals surface area contributed by atoms with E-state index in [2.05, 4.69) is 5.32 Å². The molecule has 0 radical (unpaired) electrons. The molecule has 0 fully saturated rings. The Balaban J connectivity index is 3.26. The van der Waals surface area contributed by atoms with Crippen LogP contribution in [0, 0.1) is 17.5 Å². The van der Waals surface area contributed by atoms with Crippen LogP contribution in [0.4, 0.5) is 13.2 Å². The highest BCUT2D eigenvalue weighted by atomic mass is 19.2. The van der Waals surface area contributed by atoms with Crippen LogP contribution in [0.3, 0.4) is 0 Å². The van der Waals surface area contributed by atoms with Gasteiger partial charge in [-0.1, -0.05) is 0 Å². The Morgan fingerprint density at radius 2 is 1.86 bits per heavy atom. The Bertz CT molecular complexity index is 641. The Morgan fingerprint density at radius 3 is 2.36 bits per heavy atom. The molecule has 8 heteroatoms.